The number of hydrogen-bond acceptors (Lipinski definition) is 5. The quantitative estimate of drug-likeness (QED) is 0.889. The van der Waals surface area contributed by atoms with Crippen LogP contribution < -0.4 is 5.32 Å². The van der Waals surface area contributed by atoms with E-state index in [4.69, 9.17) is 0 Å². The fourth-order valence-corrected chi connectivity index (χ4v) is 5.65. The van der Waals surface area contributed by atoms with Crippen molar-refractivity contribution in [3.63, 3.8) is 0 Å². The third-order valence-corrected chi connectivity index (χ3v) is 7.12. The summed E-state index contributed by atoms with van der Waals surface area (Å²) in [7, 11) is -3.32. The van der Waals surface area contributed by atoms with Gasteiger partial charge in [0, 0.05) is 19.6 Å². The molecule has 1 spiro atoms. The van der Waals surface area contributed by atoms with E-state index < -0.39 is 10.0 Å². The number of nitrogens with one attached hydrogen (secondary N) is 1. The highest BCUT2D eigenvalue weighted by atomic mass is 35.5. The van der Waals surface area contributed by atoms with Crippen LogP contribution in [0.25, 0.3) is 0 Å². The van der Waals surface area contributed by atoms with Crippen LogP contribution in [-0.2, 0) is 10.0 Å². The summed E-state index contributed by atoms with van der Waals surface area (Å²) in [5, 5.41) is 4.14. The van der Waals surface area contributed by atoms with Gasteiger partial charge in [-0.1, -0.05) is 0 Å². The molecule has 2 aliphatic rings. The zero-order valence-corrected chi connectivity index (χ0v) is 13.2. The average molecular weight is 324 g/mol. The van der Waals surface area contributed by atoms with Crippen molar-refractivity contribution in [1.82, 2.24) is 14.6 Å². The molecule has 3 heterocycles. The van der Waals surface area contributed by atoms with E-state index in [1.165, 1.54) is 17.5 Å². The van der Waals surface area contributed by atoms with Crippen molar-refractivity contribution in [3.8, 4) is 0 Å². The third kappa shape index (κ3) is 2.67. The first-order chi connectivity index (χ1) is 8.52. The van der Waals surface area contributed by atoms with E-state index in [9.17, 15) is 8.42 Å². The number of rotatable bonds is 2. The number of aryl methyl sites for hydroxylation is 1. The van der Waals surface area contributed by atoms with Gasteiger partial charge in [-0.25, -0.2) is 13.4 Å². The number of thiazole rings is 1. The Morgan fingerprint density at radius 1 is 1.47 bits per heavy atom. The molecule has 0 bridgehead atoms. The van der Waals surface area contributed by atoms with Crippen LogP contribution in [0.3, 0.4) is 0 Å². The Kier molecular flexibility index (Phi) is 4.23. The minimum Gasteiger partial charge on any atom is -0.316 e. The van der Waals surface area contributed by atoms with Gasteiger partial charge in [0.15, 0.2) is 4.21 Å². The Hall–Kier alpha value is -0.210. The van der Waals surface area contributed by atoms with Gasteiger partial charge in [-0.05, 0) is 31.7 Å². The van der Waals surface area contributed by atoms with Crippen molar-refractivity contribution in [2.24, 2.45) is 5.41 Å². The van der Waals surface area contributed by atoms with Crippen LogP contribution in [0.5, 0.6) is 0 Å². The maximum atomic E-state index is 12.5. The molecule has 19 heavy (non-hydrogen) atoms. The Morgan fingerprint density at radius 2 is 2.26 bits per heavy atom. The Bertz CT molecular complexity index is 552. The third-order valence-electron chi connectivity index (χ3n) is 3.93. The molecule has 108 valence electrons. The predicted molar refractivity (Wildman–Crippen MR) is 77.4 cm³/mol. The zero-order chi connectivity index (χ0) is 12.8. The van der Waals surface area contributed by atoms with E-state index in [0.29, 0.717) is 17.3 Å². The molecule has 2 saturated heterocycles. The molecule has 1 aromatic rings. The van der Waals surface area contributed by atoms with E-state index in [0.717, 1.165) is 30.9 Å². The second-order valence-electron chi connectivity index (χ2n) is 5.21. The van der Waals surface area contributed by atoms with E-state index in [1.807, 2.05) is 6.92 Å². The first-order valence-electron chi connectivity index (χ1n) is 6.15. The van der Waals surface area contributed by atoms with Gasteiger partial charge in [-0.15, -0.1) is 23.7 Å². The van der Waals surface area contributed by atoms with E-state index >= 15 is 0 Å². The van der Waals surface area contributed by atoms with Gasteiger partial charge in [0.2, 0.25) is 0 Å². The van der Waals surface area contributed by atoms with Crippen molar-refractivity contribution in [3.05, 3.63) is 11.2 Å². The second-order valence-corrected chi connectivity index (χ2v) is 8.61. The standard InChI is InChI=1S/C11H17N3O2S2.ClH/c1-9-13-6-10(17-9)18(15,16)14-5-3-11(8-14)2-4-12-7-11;/h6,12H,2-5,7-8H2,1H3;1H. The molecule has 8 heteroatoms. The van der Waals surface area contributed by atoms with E-state index in [-0.39, 0.29) is 17.8 Å². The smallest absolute Gasteiger partial charge is 0.254 e. The summed E-state index contributed by atoms with van der Waals surface area (Å²) in [6.45, 7) is 5.07. The van der Waals surface area contributed by atoms with Crippen LogP contribution in [0.1, 0.15) is 17.8 Å². The van der Waals surface area contributed by atoms with Crippen molar-refractivity contribution in [1.29, 1.82) is 0 Å². The summed E-state index contributed by atoms with van der Waals surface area (Å²) < 4.78 is 26.9. The largest absolute Gasteiger partial charge is 0.316 e. The predicted octanol–water partition coefficient (Wildman–Crippen LogP) is 1.25. The molecule has 1 atom stereocenters. The topological polar surface area (TPSA) is 62.3 Å². The molecular formula is C11H18ClN3O2S2. The van der Waals surface area contributed by atoms with Gasteiger partial charge in [0.25, 0.3) is 10.0 Å². The fourth-order valence-electron chi connectivity index (χ4n) is 2.83. The SMILES string of the molecule is Cc1ncc(S(=O)(=O)N2CCC3(CCNC3)C2)s1.Cl. The van der Waals surface area contributed by atoms with Gasteiger partial charge in [-0.2, -0.15) is 4.31 Å². The summed E-state index contributed by atoms with van der Waals surface area (Å²) >= 11 is 1.26. The summed E-state index contributed by atoms with van der Waals surface area (Å²) in [5.41, 5.74) is 0.173. The Morgan fingerprint density at radius 3 is 2.84 bits per heavy atom. The normalized spacial score (nSPS) is 27.8. The minimum atomic E-state index is -3.32. The second kappa shape index (κ2) is 5.29. The van der Waals surface area contributed by atoms with Crippen LogP contribution in [0.2, 0.25) is 0 Å². The van der Waals surface area contributed by atoms with Gasteiger partial charge >= 0.3 is 0 Å². The van der Waals surface area contributed by atoms with Crippen molar-refractivity contribution < 1.29 is 8.42 Å². The molecule has 0 saturated carbocycles. The lowest BCUT2D eigenvalue weighted by Gasteiger charge is -2.22. The molecule has 1 aromatic heterocycles. The summed E-state index contributed by atoms with van der Waals surface area (Å²) in [4.78, 5) is 4.04. The van der Waals surface area contributed by atoms with Crippen LogP contribution in [0, 0.1) is 12.3 Å². The molecule has 0 aliphatic carbocycles. The molecule has 0 aromatic carbocycles. The maximum Gasteiger partial charge on any atom is 0.254 e. The molecule has 0 radical (unpaired) electrons. The Balaban J connectivity index is 0.00000133. The van der Waals surface area contributed by atoms with Crippen LogP contribution in [0.4, 0.5) is 0 Å². The van der Waals surface area contributed by atoms with Crippen molar-refractivity contribution in [2.75, 3.05) is 26.2 Å². The van der Waals surface area contributed by atoms with Gasteiger partial charge in [-0.3, -0.25) is 0 Å². The van der Waals surface area contributed by atoms with Crippen LogP contribution >= 0.6 is 23.7 Å². The highest BCUT2D eigenvalue weighted by molar-refractivity contribution is 7.91. The highest BCUT2D eigenvalue weighted by Gasteiger charge is 2.44. The van der Waals surface area contributed by atoms with Gasteiger partial charge in [0.05, 0.1) is 11.2 Å². The lowest BCUT2D eigenvalue weighted by molar-refractivity contribution is 0.338. The first-order valence-corrected chi connectivity index (χ1v) is 8.41. The van der Waals surface area contributed by atoms with Gasteiger partial charge in [0.1, 0.15) is 0 Å². The van der Waals surface area contributed by atoms with Crippen molar-refractivity contribution in [2.45, 2.75) is 24.0 Å². The monoisotopic (exact) mass is 323 g/mol. The lowest BCUT2D eigenvalue weighted by Crippen LogP contribution is -2.33. The molecular weight excluding hydrogens is 306 g/mol. The Labute approximate surface area is 123 Å². The lowest BCUT2D eigenvalue weighted by atomic mass is 9.87. The molecule has 1 N–H and O–H groups in total. The number of sulfonamides is 1. The van der Waals surface area contributed by atoms with E-state index in [2.05, 4.69) is 10.3 Å². The molecule has 0 amide bonds. The van der Waals surface area contributed by atoms with Crippen LogP contribution in [-0.4, -0.2) is 43.9 Å². The number of aromatic nitrogens is 1. The molecule has 5 nitrogen and oxygen atoms in total. The fraction of sp³-hybridized carbons (Fsp3) is 0.727. The van der Waals surface area contributed by atoms with Gasteiger partial charge < -0.3 is 5.32 Å². The first kappa shape index (κ1) is 15.2. The maximum absolute atomic E-state index is 12.5. The zero-order valence-electron chi connectivity index (χ0n) is 10.8. The van der Waals surface area contributed by atoms with Crippen LogP contribution in [0.15, 0.2) is 10.4 Å². The summed E-state index contributed by atoms with van der Waals surface area (Å²) in [5.74, 6) is 0. The van der Waals surface area contributed by atoms with Crippen molar-refractivity contribution >= 4 is 33.8 Å². The molecule has 1 unspecified atom stereocenters. The average Bonchev–Trinajstić information content (AvgIpc) is 3.02. The summed E-state index contributed by atoms with van der Waals surface area (Å²) in [6, 6.07) is 0. The molecule has 2 aliphatic heterocycles. The highest BCUT2D eigenvalue weighted by Crippen LogP contribution is 2.38. The van der Waals surface area contributed by atoms with E-state index in [1.54, 1.807) is 4.31 Å². The number of halogens is 1. The summed E-state index contributed by atoms with van der Waals surface area (Å²) in [6.07, 6.45) is 3.53. The minimum absolute atomic E-state index is 0. The number of hydrogen-bond donors (Lipinski definition) is 1. The molecule has 3 rings (SSSR count). The number of nitrogens with zero attached hydrogens (tertiary/aromatic N) is 2. The molecule has 2 fully saturated rings.